The fraction of sp³-hybridized carbons (Fsp3) is 0.667. The summed E-state index contributed by atoms with van der Waals surface area (Å²) < 4.78 is 34.5. The summed E-state index contributed by atoms with van der Waals surface area (Å²) in [6.45, 7) is 1.14. The summed E-state index contributed by atoms with van der Waals surface area (Å²) in [5.74, 6) is 0.342. The van der Waals surface area contributed by atoms with Gasteiger partial charge in [-0.15, -0.1) is 0 Å². The maximum Gasteiger partial charge on any atom is 0.281 e. The molecule has 1 saturated carbocycles. The lowest BCUT2D eigenvalue weighted by atomic mass is 9.96. The van der Waals surface area contributed by atoms with Gasteiger partial charge in [-0.2, -0.15) is 17.0 Å². The van der Waals surface area contributed by atoms with Crippen LogP contribution in [0.15, 0.2) is 24.3 Å². The van der Waals surface area contributed by atoms with Crippen molar-refractivity contribution in [1.82, 2.24) is 13.9 Å². The minimum atomic E-state index is -3.53. The van der Waals surface area contributed by atoms with Crippen molar-refractivity contribution < 1.29 is 17.9 Å². The fourth-order valence-electron chi connectivity index (χ4n) is 4.30. The molecule has 0 radical (unpaired) electrons. The normalized spacial score (nSPS) is 21.8. The topological polar surface area (TPSA) is 79.0 Å². The molecule has 1 aliphatic carbocycles. The largest absolute Gasteiger partial charge is 0.497 e. The lowest BCUT2D eigenvalue weighted by Gasteiger charge is -2.37. The second-order valence-electron chi connectivity index (χ2n) is 8.08. The number of nitrogens with one attached hydrogen (secondary N) is 1. The fourth-order valence-corrected chi connectivity index (χ4v) is 5.98. The minimum absolute atomic E-state index is 0.0796. The molecule has 1 N–H and O–H groups in total. The Bertz CT molecular complexity index is 793. The summed E-state index contributed by atoms with van der Waals surface area (Å²) in [6.07, 6.45) is 6.61. The van der Waals surface area contributed by atoms with Crippen LogP contribution >= 0.6 is 0 Å². The summed E-state index contributed by atoms with van der Waals surface area (Å²) in [5.41, 5.74) is 0.954. The zero-order valence-electron chi connectivity index (χ0n) is 17.5. The van der Waals surface area contributed by atoms with Crippen molar-refractivity contribution in [2.75, 3.05) is 27.2 Å². The highest BCUT2D eigenvalue weighted by Gasteiger charge is 2.37. The molecule has 1 aromatic carbocycles. The summed E-state index contributed by atoms with van der Waals surface area (Å²) in [7, 11) is -0.232. The van der Waals surface area contributed by atoms with E-state index in [0.717, 1.165) is 37.0 Å². The molecule has 1 aliphatic heterocycles. The summed E-state index contributed by atoms with van der Waals surface area (Å²) in [6, 6.07) is 7.64. The van der Waals surface area contributed by atoms with E-state index in [0.29, 0.717) is 25.9 Å². The van der Waals surface area contributed by atoms with Gasteiger partial charge in [-0.3, -0.25) is 4.79 Å². The van der Waals surface area contributed by atoms with Crippen LogP contribution in [0.5, 0.6) is 5.75 Å². The van der Waals surface area contributed by atoms with Crippen molar-refractivity contribution in [2.45, 2.75) is 57.5 Å². The van der Waals surface area contributed by atoms with Crippen LogP contribution in [0.3, 0.4) is 0 Å². The molecule has 29 heavy (non-hydrogen) atoms. The number of piperidine rings is 1. The van der Waals surface area contributed by atoms with E-state index >= 15 is 0 Å². The number of benzene rings is 1. The number of hydrogen-bond acceptors (Lipinski definition) is 4. The maximum absolute atomic E-state index is 13.1. The first-order valence-corrected chi connectivity index (χ1v) is 11.9. The van der Waals surface area contributed by atoms with Gasteiger partial charge in [0.1, 0.15) is 5.75 Å². The van der Waals surface area contributed by atoms with E-state index in [-0.39, 0.29) is 24.4 Å². The van der Waals surface area contributed by atoms with Gasteiger partial charge in [-0.25, -0.2) is 0 Å². The Balaban J connectivity index is 1.58. The van der Waals surface area contributed by atoms with Gasteiger partial charge < -0.3 is 10.1 Å². The molecule has 1 unspecified atom stereocenters. The van der Waals surface area contributed by atoms with Crippen molar-refractivity contribution >= 4 is 16.1 Å². The summed E-state index contributed by atoms with van der Waals surface area (Å²) >= 11 is 0. The van der Waals surface area contributed by atoms with E-state index in [2.05, 4.69) is 5.32 Å². The van der Waals surface area contributed by atoms with Crippen LogP contribution in [0.2, 0.25) is 0 Å². The zero-order chi connectivity index (χ0) is 20.9. The predicted molar refractivity (Wildman–Crippen MR) is 113 cm³/mol. The van der Waals surface area contributed by atoms with E-state index in [1.807, 2.05) is 24.3 Å². The molecule has 1 atom stereocenters. The van der Waals surface area contributed by atoms with Crippen molar-refractivity contribution in [1.29, 1.82) is 0 Å². The third kappa shape index (κ3) is 5.49. The molecule has 1 heterocycles. The molecule has 2 fully saturated rings. The number of hydrogen-bond donors (Lipinski definition) is 1. The molecule has 8 heteroatoms. The van der Waals surface area contributed by atoms with Crippen molar-refractivity contribution in [3.8, 4) is 5.75 Å². The SMILES string of the molecule is COc1cccc(CNC(=O)C2CCCN(S(=O)(=O)N(C)C3CCCCC3)C2)c1. The first-order valence-electron chi connectivity index (χ1n) is 10.6. The first-order chi connectivity index (χ1) is 13.9. The third-order valence-electron chi connectivity index (χ3n) is 6.13. The average Bonchev–Trinajstić information content (AvgIpc) is 2.77. The second-order valence-corrected chi connectivity index (χ2v) is 10.1. The molecular weight excluding hydrogens is 390 g/mol. The van der Waals surface area contributed by atoms with E-state index in [9.17, 15) is 13.2 Å². The van der Waals surface area contributed by atoms with Crippen molar-refractivity contribution in [3.05, 3.63) is 29.8 Å². The Morgan fingerprint density at radius 1 is 1.21 bits per heavy atom. The second kappa shape index (κ2) is 9.91. The molecule has 1 saturated heterocycles. The first kappa shape index (κ1) is 22.1. The average molecular weight is 424 g/mol. The van der Waals surface area contributed by atoms with Crippen LogP contribution in [0.1, 0.15) is 50.5 Å². The maximum atomic E-state index is 13.1. The summed E-state index contributed by atoms with van der Waals surface area (Å²) in [4.78, 5) is 12.7. The highest BCUT2D eigenvalue weighted by molar-refractivity contribution is 7.86. The quantitative estimate of drug-likeness (QED) is 0.731. The van der Waals surface area contributed by atoms with Crippen molar-refractivity contribution in [2.24, 2.45) is 5.92 Å². The van der Waals surface area contributed by atoms with Crippen LogP contribution in [-0.4, -0.2) is 56.2 Å². The van der Waals surface area contributed by atoms with Crippen LogP contribution < -0.4 is 10.1 Å². The molecule has 0 aromatic heterocycles. The number of rotatable bonds is 7. The Morgan fingerprint density at radius 2 is 1.97 bits per heavy atom. The molecule has 1 amide bonds. The van der Waals surface area contributed by atoms with E-state index in [1.165, 1.54) is 10.7 Å². The Labute approximate surface area is 174 Å². The molecular formula is C21H33N3O4S. The van der Waals surface area contributed by atoms with E-state index in [1.54, 1.807) is 18.5 Å². The number of carbonyl (C=O) groups is 1. The predicted octanol–water partition coefficient (Wildman–Crippen LogP) is 2.53. The van der Waals surface area contributed by atoms with Gasteiger partial charge in [0.15, 0.2) is 0 Å². The summed E-state index contributed by atoms with van der Waals surface area (Å²) in [5, 5.41) is 2.95. The third-order valence-corrected chi connectivity index (χ3v) is 8.15. The number of ether oxygens (including phenoxy) is 1. The number of amides is 1. The van der Waals surface area contributed by atoms with Gasteiger partial charge >= 0.3 is 0 Å². The highest BCUT2D eigenvalue weighted by Crippen LogP contribution is 2.27. The molecule has 0 bridgehead atoms. The Hall–Kier alpha value is -1.64. The monoisotopic (exact) mass is 423 g/mol. The lowest BCUT2D eigenvalue weighted by Crippen LogP contribution is -2.52. The van der Waals surface area contributed by atoms with Crippen LogP contribution in [0.25, 0.3) is 0 Å². The number of carbonyl (C=O) groups excluding carboxylic acids is 1. The minimum Gasteiger partial charge on any atom is -0.497 e. The molecule has 0 spiro atoms. The van der Waals surface area contributed by atoms with Crippen LogP contribution in [-0.2, 0) is 21.5 Å². The van der Waals surface area contributed by atoms with Gasteiger partial charge in [-0.1, -0.05) is 31.4 Å². The molecule has 2 aliphatic rings. The van der Waals surface area contributed by atoms with Crippen molar-refractivity contribution in [3.63, 3.8) is 0 Å². The number of methoxy groups -OCH3 is 1. The number of nitrogens with zero attached hydrogens (tertiary/aromatic N) is 2. The molecule has 162 valence electrons. The van der Waals surface area contributed by atoms with Gasteiger partial charge in [-0.05, 0) is 43.4 Å². The van der Waals surface area contributed by atoms with Crippen LogP contribution in [0.4, 0.5) is 0 Å². The standard InChI is InChI=1S/C21H33N3O4S/c1-23(19-10-4-3-5-11-19)29(26,27)24-13-7-9-18(16-24)21(25)22-15-17-8-6-12-20(14-17)28-2/h6,8,12,14,18-19H,3-5,7,9-11,13,15-16H2,1-2H3,(H,22,25). The molecule has 3 rings (SSSR count). The van der Waals surface area contributed by atoms with Crippen LogP contribution in [0, 0.1) is 5.92 Å². The van der Waals surface area contributed by atoms with Gasteiger partial charge in [0, 0.05) is 32.7 Å². The zero-order valence-corrected chi connectivity index (χ0v) is 18.3. The Kier molecular flexibility index (Phi) is 7.54. The lowest BCUT2D eigenvalue weighted by molar-refractivity contribution is -0.126. The Morgan fingerprint density at radius 3 is 2.69 bits per heavy atom. The smallest absolute Gasteiger partial charge is 0.281 e. The molecule has 1 aromatic rings. The highest BCUT2D eigenvalue weighted by atomic mass is 32.2. The van der Waals surface area contributed by atoms with E-state index < -0.39 is 10.2 Å². The van der Waals surface area contributed by atoms with Gasteiger partial charge in [0.2, 0.25) is 5.91 Å². The van der Waals surface area contributed by atoms with Gasteiger partial charge in [0.05, 0.1) is 13.0 Å². The van der Waals surface area contributed by atoms with Gasteiger partial charge in [0.25, 0.3) is 10.2 Å². The van der Waals surface area contributed by atoms with E-state index in [4.69, 9.17) is 4.74 Å². The molecule has 7 nitrogen and oxygen atoms in total.